The van der Waals surface area contributed by atoms with Crippen LogP contribution >= 0.6 is 0 Å². The number of benzene rings is 8. The fourth-order valence-corrected chi connectivity index (χ4v) is 8.74. The second-order valence-electron chi connectivity index (χ2n) is 15.1. The molecule has 0 fully saturated rings. The van der Waals surface area contributed by atoms with Crippen LogP contribution in [0.25, 0.3) is 77.9 Å². The number of oxazole rings is 1. The highest BCUT2D eigenvalue weighted by Gasteiger charge is 2.38. The number of fused-ring (bicyclic) bond motifs is 7. The highest BCUT2D eigenvalue weighted by Crippen LogP contribution is 2.55. The van der Waals surface area contributed by atoms with E-state index in [0.29, 0.717) is 11.5 Å². The van der Waals surface area contributed by atoms with Gasteiger partial charge in [0.15, 0.2) is 5.58 Å². The van der Waals surface area contributed by atoms with E-state index < -0.39 is 0 Å². The van der Waals surface area contributed by atoms with Crippen molar-refractivity contribution >= 4 is 50.1 Å². The van der Waals surface area contributed by atoms with Crippen LogP contribution in [0.2, 0.25) is 0 Å². The van der Waals surface area contributed by atoms with Crippen molar-refractivity contribution in [3.05, 3.63) is 193 Å². The molecule has 0 N–H and O–H groups in total. The van der Waals surface area contributed by atoms with Crippen LogP contribution in [0.3, 0.4) is 0 Å². The van der Waals surface area contributed by atoms with Crippen LogP contribution in [0.15, 0.2) is 191 Å². The molecule has 0 unspecified atom stereocenters. The number of anilines is 3. The lowest BCUT2D eigenvalue weighted by molar-refractivity contribution is 0.617. The van der Waals surface area contributed by atoms with Gasteiger partial charge in [-0.2, -0.15) is 0 Å². The van der Waals surface area contributed by atoms with Gasteiger partial charge in [-0.25, -0.2) is 4.98 Å². The third kappa shape index (κ3) is 5.03. The Morgan fingerprint density at radius 2 is 1.09 bits per heavy atom. The number of rotatable bonds is 6. The molecule has 0 aliphatic heterocycles. The number of hydrogen-bond donors (Lipinski definition) is 0. The fourth-order valence-electron chi connectivity index (χ4n) is 8.74. The summed E-state index contributed by atoms with van der Waals surface area (Å²) in [5, 5.41) is 2.08. The Morgan fingerprint density at radius 1 is 0.446 bits per heavy atom. The van der Waals surface area contributed by atoms with Gasteiger partial charge in [-0.1, -0.05) is 135 Å². The third-order valence-corrected chi connectivity index (χ3v) is 11.5. The molecule has 0 atom stereocenters. The first kappa shape index (κ1) is 32.3. The van der Waals surface area contributed by atoms with Crippen molar-refractivity contribution in [2.24, 2.45) is 0 Å². The standard InChI is InChI=1S/C52H36N2O2/c1-52(2)42-20-11-9-19-40(42)50-43(52)21-13-23-46(50)54(45-22-12-10-18-38(45)34-14-5-3-6-15-34)37-27-24-33(25-28-37)36-26-29-39-41-31-44-49(32-48(41)55-47(39)30-36)56-51(53-44)35-16-7-4-8-17-35/h3-32H,1-2H3. The molecule has 0 saturated heterocycles. The average molecular weight is 721 g/mol. The molecule has 266 valence electrons. The monoisotopic (exact) mass is 720 g/mol. The molecule has 11 rings (SSSR count). The van der Waals surface area contributed by atoms with Gasteiger partial charge in [0.1, 0.15) is 16.7 Å². The Labute approximate surface area is 324 Å². The highest BCUT2D eigenvalue weighted by atomic mass is 16.4. The molecule has 0 amide bonds. The maximum Gasteiger partial charge on any atom is 0.227 e. The van der Waals surface area contributed by atoms with Crippen LogP contribution in [-0.4, -0.2) is 4.98 Å². The molecular formula is C52H36N2O2. The smallest absolute Gasteiger partial charge is 0.227 e. The summed E-state index contributed by atoms with van der Waals surface area (Å²) in [6.45, 7) is 4.68. The highest BCUT2D eigenvalue weighted by molar-refractivity contribution is 6.09. The second-order valence-corrected chi connectivity index (χ2v) is 15.1. The Hall–Kier alpha value is -7.17. The molecule has 1 aliphatic rings. The molecule has 56 heavy (non-hydrogen) atoms. The molecule has 4 nitrogen and oxygen atoms in total. The summed E-state index contributed by atoms with van der Waals surface area (Å²) in [4.78, 5) is 7.24. The maximum atomic E-state index is 6.46. The number of aromatic nitrogens is 1. The van der Waals surface area contributed by atoms with E-state index in [-0.39, 0.29) is 5.41 Å². The normalized spacial score (nSPS) is 13.0. The molecule has 0 spiro atoms. The Balaban J connectivity index is 1.02. The van der Waals surface area contributed by atoms with Gasteiger partial charge in [0.25, 0.3) is 0 Å². The first-order valence-electron chi connectivity index (χ1n) is 19.1. The van der Waals surface area contributed by atoms with Crippen LogP contribution in [0, 0.1) is 0 Å². The van der Waals surface area contributed by atoms with Gasteiger partial charge in [0, 0.05) is 44.6 Å². The summed E-state index contributed by atoms with van der Waals surface area (Å²) in [7, 11) is 0. The molecular weight excluding hydrogens is 685 g/mol. The van der Waals surface area contributed by atoms with Crippen molar-refractivity contribution in [2.75, 3.05) is 4.90 Å². The summed E-state index contributed by atoms with van der Waals surface area (Å²) in [5.74, 6) is 0.607. The van der Waals surface area contributed by atoms with Gasteiger partial charge >= 0.3 is 0 Å². The van der Waals surface area contributed by atoms with Gasteiger partial charge in [0.2, 0.25) is 5.89 Å². The summed E-state index contributed by atoms with van der Waals surface area (Å²) in [6, 6.07) is 64.5. The first-order valence-corrected chi connectivity index (χ1v) is 19.1. The van der Waals surface area contributed by atoms with Gasteiger partial charge in [-0.05, 0) is 88.0 Å². The quantitative estimate of drug-likeness (QED) is 0.171. The van der Waals surface area contributed by atoms with Crippen LogP contribution in [0.1, 0.15) is 25.0 Å². The Kier molecular flexibility index (Phi) is 7.17. The predicted octanol–water partition coefficient (Wildman–Crippen LogP) is 14.5. The van der Waals surface area contributed by atoms with Crippen molar-refractivity contribution < 1.29 is 8.83 Å². The number of para-hydroxylation sites is 1. The summed E-state index contributed by atoms with van der Waals surface area (Å²) >= 11 is 0. The minimum atomic E-state index is -0.114. The minimum absolute atomic E-state index is 0.114. The molecule has 0 radical (unpaired) electrons. The van der Waals surface area contributed by atoms with Crippen molar-refractivity contribution in [2.45, 2.75) is 19.3 Å². The van der Waals surface area contributed by atoms with Crippen molar-refractivity contribution in [1.29, 1.82) is 0 Å². The molecule has 2 heterocycles. The number of nitrogens with zero attached hydrogens (tertiary/aromatic N) is 2. The zero-order valence-corrected chi connectivity index (χ0v) is 31.0. The summed E-state index contributed by atoms with van der Waals surface area (Å²) < 4.78 is 12.6. The van der Waals surface area contributed by atoms with Crippen molar-refractivity contribution in [3.63, 3.8) is 0 Å². The average Bonchev–Trinajstić information content (AvgIpc) is 3.90. The topological polar surface area (TPSA) is 42.4 Å². The molecule has 2 aromatic heterocycles. The minimum Gasteiger partial charge on any atom is -0.456 e. The number of furan rings is 1. The maximum absolute atomic E-state index is 6.46. The van der Waals surface area contributed by atoms with E-state index in [1.807, 2.05) is 36.4 Å². The fraction of sp³-hybridized carbons (Fsp3) is 0.0577. The first-order chi connectivity index (χ1) is 27.5. The van der Waals surface area contributed by atoms with E-state index >= 15 is 0 Å². The van der Waals surface area contributed by atoms with Crippen LogP contribution in [-0.2, 0) is 5.41 Å². The van der Waals surface area contributed by atoms with Gasteiger partial charge < -0.3 is 13.7 Å². The lowest BCUT2D eigenvalue weighted by Gasteiger charge is -2.30. The van der Waals surface area contributed by atoms with E-state index in [0.717, 1.165) is 61.2 Å². The lowest BCUT2D eigenvalue weighted by atomic mass is 9.82. The summed E-state index contributed by atoms with van der Waals surface area (Å²) in [6.07, 6.45) is 0. The van der Waals surface area contributed by atoms with Crippen molar-refractivity contribution in [1.82, 2.24) is 4.98 Å². The molecule has 10 aromatic rings. The van der Waals surface area contributed by atoms with Gasteiger partial charge in [-0.3, -0.25) is 0 Å². The predicted molar refractivity (Wildman–Crippen MR) is 230 cm³/mol. The van der Waals surface area contributed by atoms with Crippen molar-refractivity contribution in [3.8, 4) is 44.8 Å². The van der Waals surface area contributed by atoms with E-state index in [9.17, 15) is 0 Å². The zero-order chi connectivity index (χ0) is 37.4. The molecule has 0 saturated carbocycles. The molecule has 8 aromatic carbocycles. The summed E-state index contributed by atoms with van der Waals surface area (Å²) in [5.41, 5.74) is 17.2. The van der Waals surface area contributed by atoms with E-state index in [1.165, 1.54) is 33.4 Å². The largest absolute Gasteiger partial charge is 0.456 e. The second kappa shape index (κ2) is 12.4. The Morgan fingerprint density at radius 3 is 1.89 bits per heavy atom. The number of hydrogen-bond acceptors (Lipinski definition) is 4. The zero-order valence-electron chi connectivity index (χ0n) is 31.0. The molecule has 1 aliphatic carbocycles. The van der Waals surface area contributed by atoms with Gasteiger partial charge in [-0.15, -0.1) is 0 Å². The van der Waals surface area contributed by atoms with E-state index in [4.69, 9.17) is 13.8 Å². The van der Waals surface area contributed by atoms with E-state index in [1.54, 1.807) is 0 Å². The lowest BCUT2D eigenvalue weighted by Crippen LogP contribution is -2.16. The van der Waals surface area contributed by atoms with Crippen LogP contribution in [0.5, 0.6) is 0 Å². The SMILES string of the molecule is CC1(C)c2ccccc2-c2c(N(c3ccc(-c4ccc5c(c4)oc4cc6oc(-c7ccccc7)nc6cc45)cc3)c3ccccc3-c3ccccc3)cccc21. The van der Waals surface area contributed by atoms with E-state index in [2.05, 4.69) is 164 Å². The Bertz CT molecular complexity index is 3100. The third-order valence-electron chi connectivity index (χ3n) is 11.5. The van der Waals surface area contributed by atoms with Crippen LogP contribution in [0.4, 0.5) is 17.1 Å². The molecule has 0 bridgehead atoms. The molecule has 4 heteroatoms. The van der Waals surface area contributed by atoms with Crippen LogP contribution < -0.4 is 4.90 Å². The van der Waals surface area contributed by atoms with Gasteiger partial charge in [0.05, 0.1) is 11.4 Å².